The molecule has 1 heterocycles. The minimum atomic E-state index is -0.171. The van der Waals surface area contributed by atoms with Gasteiger partial charge in [-0.1, -0.05) is 53.3 Å². The van der Waals surface area contributed by atoms with Gasteiger partial charge < -0.3 is 10.0 Å². The van der Waals surface area contributed by atoms with Gasteiger partial charge in [0.1, 0.15) is 0 Å². The van der Waals surface area contributed by atoms with Gasteiger partial charge in [0, 0.05) is 23.3 Å². The molecule has 1 spiro atoms. The van der Waals surface area contributed by atoms with Crippen molar-refractivity contribution in [1.29, 1.82) is 0 Å². The highest BCUT2D eigenvalue weighted by Gasteiger charge is 2.48. The molecule has 26 heavy (non-hydrogen) atoms. The summed E-state index contributed by atoms with van der Waals surface area (Å²) >= 11 is 0. The quantitative estimate of drug-likeness (QED) is 0.714. The van der Waals surface area contributed by atoms with Crippen molar-refractivity contribution in [3.8, 4) is 0 Å². The fraction of sp³-hybridized carbons (Fsp3) is 0.667. The zero-order valence-electron chi connectivity index (χ0n) is 17.4. The molecular formula is C24H37NO. The zero-order chi connectivity index (χ0) is 19.2. The summed E-state index contributed by atoms with van der Waals surface area (Å²) in [6, 6.07) is 9.06. The van der Waals surface area contributed by atoms with E-state index in [1.54, 1.807) is 0 Å². The number of rotatable bonds is 3. The van der Waals surface area contributed by atoms with Crippen LogP contribution in [0.1, 0.15) is 78.7 Å². The van der Waals surface area contributed by atoms with Gasteiger partial charge in [0.15, 0.2) is 0 Å². The maximum Gasteiger partial charge on any atom is 0.0591 e. The van der Waals surface area contributed by atoms with Crippen LogP contribution < -0.4 is 4.90 Å². The molecule has 2 nitrogen and oxygen atoms in total. The first-order chi connectivity index (χ1) is 12.1. The van der Waals surface area contributed by atoms with Crippen LogP contribution in [0.3, 0.4) is 0 Å². The van der Waals surface area contributed by atoms with Gasteiger partial charge in [0.25, 0.3) is 0 Å². The van der Waals surface area contributed by atoms with Crippen LogP contribution in [-0.2, 0) is 5.41 Å². The number of aliphatic hydroxyl groups excluding tert-OH is 1. The lowest BCUT2D eigenvalue weighted by molar-refractivity contribution is -0.0152. The molecule has 0 bridgehead atoms. The molecule has 1 aromatic carbocycles. The van der Waals surface area contributed by atoms with Gasteiger partial charge in [-0.2, -0.15) is 0 Å². The molecule has 0 aromatic heterocycles. The second kappa shape index (κ2) is 6.71. The molecule has 2 aliphatic rings. The Balaban J connectivity index is 1.73. The van der Waals surface area contributed by atoms with E-state index < -0.39 is 0 Å². The number of benzene rings is 1. The Morgan fingerprint density at radius 3 is 2.15 bits per heavy atom. The summed E-state index contributed by atoms with van der Waals surface area (Å²) < 4.78 is 0. The Kier molecular flexibility index (Phi) is 5.03. The molecule has 1 N–H and O–H groups in total. The minimum absolute atomic E-state index is 0.0854. The van der Waals surface area contributed by atoms with Gasteiger partial charge in [0.2, 0.25) is 0 Å². The molecule has 2 heteroatoms. The molecule has 1 saturated heterocycles. The van der Waals surface area contributed by atoms with Crippen LogP contribution in [0.4, 0.5) is 5.69 Å². The number of nitrogens with zero attached hydrogens (tertiary/aromatic N) is 1. The van der Waals surface area contributed by atoms with Crippen LogP contribution in [0, 0.1) is 10.8 Å². The van der Waals surface area contributed by atoms with Crippen molar-refractivity contribution >= 4 is 5.69 Å². The third-order valence-electron chi connectivity index (χ3n) is 7.34. The Bertz CT molecular complexity index is 644. The molecule has 0 radical (unpaired) electrons. The SMILES string of the molecule is C=C1N(c2ccc(C(C)(C)C)cc2)CC[C@]12CC[C@@](C)(C(O)CC)CC2. The summed E-state index contributed by atoms with van der Waals surface area (Å²) in [5.74, 6) is 0. The number of hydrogen-bond donors (Lipinski definition) is 1. The molecule has 1 aromatic rings. The second-order valence-corrected chi connectivity index (χ2v) is 10.0. The van der Waals surface area contributed by atoms with Gasteiger partial charge >= 0.3 is 0 Å². The smallest absolute Gasteiger partial charge is 0.0591 e. The Morgan fingerprint density at radius 1 is 1.08 bits per heavy atom. The van der Waals surface area contributed by atoms with E-state index in [0.29, 0.717) is 0 Å². The Hall–Kier alpha value is -1.28. The van der Waals surface area contributed by atoms with Crippen molar-refractivity contribution in [1.82, 2.24) is 0 Å². The second-order valence-electron chi connectivity index (χ2n) is 10.0. The highest BCUT2D eigenvalue weighted by Crippen LogP contribution is 2.56. The van der Waals surface area contributed by atoms with E-state index in [2.05, 4.69) is 70.4 Å². The molecular weight excluding hydrogens is 318 g/mol. The van der Waals surface area contributed by atoms with E-state index in [1.165, 1.54) is 23.4 Å². The van der Waals surface area contributed by atoms with E-state index >= 15 is 0 Å². The van der Waals surface area contributed by atoms with E-state index in [-0.39, 0.29) is 22.3 Å². The number of allylic oxidation sites excluding steroid dienone is 1. The summed E-state index contributed by atoms with van der Waals surface area (Å²) in [5, 5.41) is 10.4. The van der Waals surface area contributed by atoms with E-state index in [4.69, 9.17) is 0 Å². The summed E-state index contributed by atoms with van der Waals surface area (Å²) in [4.78, 5) is 2.44. The molecule has 0 amide bonds. The van der Waals surface area contributed by atoms with Crippen molar-refractivity contribution in [2.75, 3.05) is 11.4 Å². The van der Waals surface area contributed by atoms with Crippen molar-refractivity contribution in [2.45, 2.75) is 84.7 Å². The highest BCUT2D eigenvalue weighted by molar-refractivity contribution is 5.56. The highest BCUT2D eigenvalue weighted by atomic mass is 16.3. The first kappa shape index (κ1) is 19.5. The fourth-order valence-corrected chi connectivity index (χ4v) is 4.98. The molecule has 1 atom stereocenters. The van der Waals surface area contributed by atoms with Crippen LogP contribution in [-0.4, -0.2) is 17.8 Å². The van der Waals surface area contributed by atoms with Crippen molar-refractivity contribution < 1.29 is 5.11 Å². The van der Waals surface area contributed by atoms with Gasteiger partial charge in [-0.25, -0.2) is 0 Å². The third kappa shape index (κ3) is 3.33. The first-order valence-electron chi connectivity index (χ1n) is 10.4. The Morgan fingerprint density at radius 2 is 1.65 bits per heavy atom. The lowest BCUT2D eigenvalue weighted by Crippen LogP contribution is -2.40. The van der Waals surface area contributed by atoms with Gasteiger partial charge in [-0.3, -0.25) is 0 Å². The average Bonchev–Trinajstić information content (AvgIpc) is 2.93. The monoisotopic (exact) mass is 355 g/mol. The van der Waals surface area contributed by atoms with Crippen LogP contribution in [0.2, 0.25) is 0 Å². The summed E-state index contributed by atoms with van der Waals surface area (Å²) in [7, 11) is 0. The molecule has 1 unspecified atom stereocenters. The van der Waals surface area contributed by atoms with Gasteiger partial charge in [-0.15, -0.1) is 0 Å². The summed E-state index contributed by atoms with van der Waals surface area (Å²) in [6.45, 7) is 16.8. The number of anilines is 1. The van der Waals surface area contributed by atoms with E-state index in [9.17, 15) is 5.11 Å². The standard InChI is InChI=1S/C24H37NO/c1-7-21(26)23(6)12-14-24(15-13-23)16-17-25(18(24)2)20-10-8-19(9-11-20)22(3,4)5/h8-11,21,26H,2,7,12-17H2,1,3-6H3/t21?,23-,24-. The molecule has 1 aliphatic carbocycles. The summed E-state index contributed by atoms with van der Waals surface area (Å²) in [5.41, 5.74) is 4.48. The zero-order valence-corrected chi connectivity index (χ0v) is 17.4. The largest absolute Gasteiger partial charge is 0.393 e. The third-order valence-corrected chi connectivity index (χ3v) is 7.34. The van der Waals surface area contributed by atoms with E-state index in [1.807, 2.05) is 0 Å². The first-order valence-corrected chi connectivity index (χ1v) is 10.4. The lowest BCUT2D eigenvalue weighted by atomic mass is 9.61. The predicted octanol–water partition coefficient (Wildman–Crippen LogP) is 6.05. The van der Waals surface area contributed by atoms with Crippen molar-refractivity contribution in [3.05, 3.63) is 42.1 Å². The van der Waals surface area contributed by atoms with Crippen LogP contribution in [0.15, 0.2) is 36.5 Å². The lowest BCUT2D eigenvalue weighted by Gasteiger charge is -2.46. The van der Waals surface area contributed by atoms with Crippen LogP contribution in [0.5, 0.6) is 0 Å². The number of aliphatic hydroxyl groups is 1. The molecule has 1 saturated carbocycles. The van der Waals surface area contributed by atoms with Crippen molar-refractivity contribution in [2.24, 2.45) is 10.8 Å². The maximum absolute atomic E-state index is 10.4. The molecule has 3 rings (SSSR count). The van der Waals surface area contributed by atoms with E-state index in [0.717, 1.165) is 38.6 Å². The predicted molar refractivity (Wildman–Crippen MR) is 112 cm³/mol. The minimum Gasteiger partial charge on any atom is -0.393 e. The molecule has 144 valence electrons. The average molecular weight is 356 g/mol. The Labute approximate surface area is 160 Å². The van der Waals surface area contributed by atoms with Gasteiger partial charge in [-0.05, 0) is 67.1 Å². The fourth-order valence-electron chi connectivity index (χ4n) is 4.98. The normalized spacial score (nSPS) is 30.8. The van der Waals surface area contributed by atoms with Crippen molar-refractivity contribution in [3.63, 3.8) is 0 Å². The summed E-state index contributed by atoms with van der Waals surface area (Å²) in [6.07, 6.45) is 6.43. The number of hydrogen-bond acceptors (Lipinski definition) is 2. The van der Waals surface area contributed by atoms with Gasteiger partial charge in [0.05, 0.1) is 6.10 Å². The topological polar surface area (TPSA) is 23.5 Å². The maximum atomic E-state index is 10.4. The van der Waals surface area contributed by atoms with Crippen LogP contribution >= 0.6 is 0 Å². The molecule has 1 aliphatic heterocycles. The van der Waals surface area contributed by atoms with Crippen LogP contribution in [0.25, 0.3) is 0 Å². The molecule has 2 fully saturated rings.